The SMILES string of the molecule is Cc1nc2ccc([C@@H]3CC[C@@H](C)CN3C(=O)c3cc4c5c(c(N)nc4cc3F)COC5)cc2s1. The van der Waals surface area contributed by atoms with Crippen molar-refractivity contribution in [3.8, 4) is 0 Å². The van der Waals surface area contributed by atoms with Crippen LogP contribution in [0.1, 0.15) is 57.9 Å². The van der Waals surface area contributed by atoms with Crippen molar-refractivity contribution in [2.24, 2.45) is 5.92 Å². The van der Waals surface area contributed by atoms with Crippen molar-refractivity contribution in [2.75, 3.05) is 12.3 Å². The summed E-state index contributed by atoms with van der Waals surface area (Å²) in [6.07, 6.45) is 1.86. The lowest BCUT2D eigenvalue weighted by Crippen LogP contribution is -2.42. The summed E-state index contributed by atoms with van der Waals surface area (Å²) in [6.45, 7) is 5.49. The highest BCUT2D eigenvalue weighted by Crippen LogP contribution is 2.38. The molecule has 4 heterocycles. The van der Waals surface area contributed by atoms with Gasteiger partial charge in [0.15, 0.2) is 0 Å². The van der Waals surface area contributed by atoms with E-state index in [1.165, 1.54) is 6.07 Å². The highest BCUT2D eigenvalue weighted by atomic mass is 32.1. The number of nitrogens with zero attached hydrogens (tertiary/aromatic N) is 3. The van der Waals surface area contributed by atoms with Crippen LogP contribution in [0.5, 0.6) is 0 Å². The highest BCUT2D eigenvalue weighted by Gasteiger charge is 2.33. The molecule has 6 rings (SSSR count). The average Bonchev–Trinajstić information content (AvgIpc) is 3.44. The van der Waals surface area contributed by atoms with Gasteiger partial charge in [0.25, 0.3) is 5.91 Å². The predicted octanol–water partition coefficient (Wildman–Crippen LogP) is 5.52. The predicted molar refractivity (Wildman–Crippen MR) is 131 cm³/mol. The summed E-state index contributed by atoms with van der Waals surface area (Å²) in [6, 6.07) is 9.06. The summed E-state index contributed by atoms with van der Waals surface area (Å²) in [5.41, 5.74) is 10.3. The second kappa shape index (κ2) is 7.99. The molecule has 0 saturated carbocycles. The fourth-order valence-electron chi connectivity index (χ4n) is 5.30. The van der Waals surface area contributed by atoms with E-state index in [0.29, 0.717) is 37.0 Å². The molecule has 0 spiro atoms. The van der Waals surface area contributed by atoms with Crippen molar-refractivity contribution in [3.63, 3.8) is 0 Å². The molecule has 34 heavy (non-hydrogen) atoms. The normalized spacial score (nSPS) is 20.3. The molecule has 2 aromatic carbocycles. The minimum Gasteiger partial charge on any atom is -0.383 e. The van der Waals surface area contributed by atoms with Gasteiger partial charge >= 0.3 is 0 Å². The second-order valence-corrected chi connectivity index (χ2v) is 10.6. The lowest BCUT2D eigenvalue weighted by atomic mass is 9.89. The molecule has 2 aliphatic heterocycles. The molecule has 8 heteroatoms. The molecule has 0 bridgehead atoms. The zero-order chi connectivity index (χ0) is 23.6. The zero-order valence-electron chi connectivity index (χ0n) is 19.1. The number of aromatic nitrogens is 2. The first-order chi connectivity index (χ1) is 16.4. The van der Waals surface area contributed by atoms with Gasteiger partial charge in [-0.05, 0) is 55.0 Å². The number of aryl methyl sites for hydroxylation is 1. The number of amides is 1. The van der Waals surface area contributed by atoms with Gasteiger partial charge in [-0.15, -0.1) is 11.3 Å². The summed E-state index contributed by atoms with van der Waals surface area (Å²) in [5.74, 6) is -0.163. The maximum atomic E-state index is 15.3. The quantitative estimate of drug-likeness (QED) is 0.412. The Labute approximate surface area is 200 Å². The Hall–Kier alpha value is -3.10. The lowest BCUT2D eigenvalue weighted by Gasteiger charge is -2.39. The number of ether oxygens (including phenoxy) is 1. The number of benzene rings is 2. The molecule has 2 atom stereocenters. The van der Waals surface area contributed by atoms with E-state index in [-0.39, 0.29) is 17.5 Å². The first kappa shape index (κ1) is 21.4. The van der Waals surface area contributed by atoms with E-state index < -0.39 is 5.82 Å². The minimum atomic E-state index is -0.575. The number of pyridine rings is 1. The van der Waals surface area contributed by atoms with E-state index in [2.05, 4.69) is 29.0 Å². The highest BCUT2D eigenvalue weighted by molar-refractivity contribution is 7.18. The third kappa shape index (κ3) is 3.44. The van der Waals surface area contributed by atoms with E-state index in [0.717, 1.165) is 50.1 Å². The van der Waals surface area contributed by atoms with Crippen LogP contribution in [0, 0.1) is 18.7 Å². The molecule has 1 saturated heterocycles. The third-order valence-corrected chi connectivity index (χ3v) is 7.96. The smallest absolute Gasteiger partial charge is 0.257 e. The summed E-state index contributed by atoms with van der Waals surface area (Å²) >= 11 is 1.65. The molecular weight excluding hydrogens is 451 g/mol. The molecule has 1 fully saturated rings. The van der Waals surface area contributed by atoms with Crippen LogP contribution in [0.15, 0.2) is 30.3 Å². The number of likely N-dealkylation sites (tertiary alicyclic amines) is 1. The van der Waals surface area contributed by atoms with Gasteiger partial charge in [0.2, 0.25) is 0 Å². The molecule has 2 aromatic heterocycles. The Kier molecular flexibility index (Phi) is 5.04. The van der Waals surface area contributed by atoms with E-state index in [1.807, 2.05) is 17.9 Å². The number of hydrogen-bond donors (Lipinski definition) is 1. The van der Waals surface area contributed by atoms with Crippen LogP contribution in [0.4, 0.5) is 10.2 Å². The van der Waals surface area contributed by atoms with E-state index in [1.54, 1.807) is 17.4 Å². The summed E-state index contributed by atoms with van der Waals surface area (Å²) in [4.78, 5) is 24.6. The monoisotopic (exact) mass is 476 g/mol. The Morgan fingerprint density at radius 2 is 1.97 bits per heavy atom. The third-order valence-electron chi connectivity index (χ3n) is 7.03. The molecule has 0 radical (unpaired) electrons. The van der Waals surface area contributed by atoms with Gasteiger partial charge in [-0.1, -0.05) is 13.0 Å². The van der Waals surface area contributed by atoms with Crippen LogP contribution in [0.3, 0.4) is 0 Å². The number of nitrogens with two attached hydrogens (primary N) is 1. The molecular formula is C26H25FN4O2S. The van der Waals surface area contributed by atoms with E-state index >= 15 is 4.39 Å². The first-order valence-electron chi connectivity index (χ1n) is 11.6. The van der Waals surface area contributed by atoms with Gasteiger partial charge in [0.05, 0.1) is 45.6 Å². The number of rotatable bonds is 2. The lowest BCUT2D eigenvalue weighted by molar-refractivity contribution is 0.0540. The first-order valence-corrected chi connectivity index (χ1v) is 12.4. The topological polar surface area (TPSA) is 81.3 Å². The molecule has 2 N–H and O–H groups in total. The maximum Gasteiger partial charge on any atom is 0.257 e. The zero-order valence-corrected chi connectivity index (χ0v) is 19.9. The Morgan fingerprint density at radius 1 is 1.15 bits per heavy atom. The fraction of sp³-hybridized carbons (Fsp3) is 0.346. The van der Waals surface area contributed by atoms with Crippen molar-refractivity contribution < 1.29 is 13.9 Å². The van der Waals surface area contributed by atoms with E-state index in [4.69, 9.17) is 10.5 Å². The number of anilines is 1. The molecule has 4 aromatic rings. The average molecular weight is 477 g/mol. The molecule has 0 aliphatic carbocycles. The van der Waals surface area contributed by atoms with E-state index in [9.17, 15) is 4.79 Å². The summed E-state index contributed by atoms with van der Waals surface area (Å²) in [7, 11) is 0. The van der Waals surface area contributed by atoms with Crippen molar-refractivity contribution in [3.05, 3.63) is 63.4 Å². The van der Waals surface area contributed by atoms with Gasteiger partial charge in [-0.3, -0.25) is 4.79 Å². The fourth-order valence-corrected chi connectivity index (χ4v) is 6.17. The van der Waals surface area contributed by atoms with Crippen LogP contribution in [0.25, 0.3) is 21.1 Å². The van der Waals surface area contributed by atoms with Crippen LogP contribution >= 0.6 is 11.3 Å². The van der Waals surface area contributed by atoms with Gasteiger partial charge in [0, 0.05) is 23.6 Å². The standard InChI is InChI=1S/C26H25FN4O2S/c1-13-3-6-23(15-4-5-21-24(7-15)34-14(2)29-21)31(10-13)26(32)17-8-16-18-11-33-12-19(18)25(28)30-22(16)9-20(17)27/h4-5,7-9,13,23H,3,6,10-12H2,1-2H3,(H2,28,30)/t13-,23+/m1/s1. The number of thiazole rings is 1. The number of fused-ring (bicyclic) bond motifs is 4. The van der Waals surface area contributed by atoms with Crippen LogP contribution < -0.4 is 5.73 Å². The van der Waals surface area contributed by atoms with Gasteiger partial charge < -0.3 is 15.4 Å². The number of halogens is 1. The van der Waals surface area contributed by atoms with Gasteiger partial charge in [-0.25, -0.2) is 14.4 Å². The minimum absolute atomic E-state index is 0.0713. The van der Waals surface area contributed by atoms with Crippen molar-refractivity contribution >= 4 is 44.2 Å². The molecule has 2 aliphatic rings. The number of carbonyl (C=O) groups is 1. The van der Waals surface area contributed by atoms with Crippen LogP contribution in [-0.2, 0) is 18.0 Å². The maximum absolute atomic E-state index is 15.3. The van der Waals surface area contributed by atoms with Gasteiger partial charge in [0.1, 0.15) is 11.6 Å². The summed E-state index contributed by atoms with van der Waals surface area (Å²) < 4.78 is 22.0. The Morgan fingerprint density at radius 3 is 2.82 bits per heavy atom. The number of nitrogen functional groups attached to an aromatic ring is 1. The Balaban J connectivity index is 1.43. The molecule has 174 valence electrons. The van der Waals surface area contributed by atoms with Crippen molar-refractivity contribution in [1.29, 1.82) is 0 Å². The van der Waals surface area contributed by atoms with Gasteiger partial charge in [-0.2, -0.15) is 0 Å². The Bertz CT molecular complexity index is 1470. The molecule has 6 nitrogen and oxygen atoms in total. The van der Waals surface area contributed by atoms with Crippen molar-refractivity contribution in [1.82, 2.24) is 14.9 Å². The van der Waals surface area contributed by atoms with Crippen LogP contribution in [-0.4, -0.2) is 27.3 Å². The largest absolute Gasteiger partial charge is 0.383 e. The molecule has 1 amide bonds. The molecule has 0 unspecified atom stereocenters. The number of piperidine rings is 1. The number of hydrogen-bond acceptors (Lipinski definition) is 6. The van der Waals surface area contributed by atoms with Crippen LogP contribution in [0.2, 0.25) is 0 Å². The number of carbonyl (C=O) groups excluding carboxylic acids is 1. The van der Waals surface area contributed by atoms with Crippen molar-refractivity contribution in [2.45, 2.75) is 45.9 Å². The second-order valence-electron chi connectivity index (χ2n) is 9.41. The summed E-state index contributed by atoms with van der Waals surface area (Å²) in [5, 5.41) is 1.75.